The van der Waals surface area contributed by atoms with Crippen molar-refractivity contribution in [1.29, 1.82) is 0 Å². The molecule has 9 rings (SSSR count). The molecule has 5 aliphatic heterocycles. The molecule has 5 heterocycles. The first kappa shape index (κ1) is 30.4. The van der Waals surface area contributed by atoms with Gasteiger partial charge in [-0.15, -0.1) is 0 Å². The van der Waals surface area contributed by atoms with Gasteiger partial charge in [0.15, 0.2) is 0 Å². The van der Waals surface area contributed by atoms with Gasteiger partial charge in [0.2, 0.25) is 0 Å². The molecule has 0 fully saturated rings. The number of nitrogens with zero attached hydrogens (tertiary/aromatic N) is 4. The number of allylic oxidation sites excluding steroid dienone is 12. The molecular formula is C44H28N4Zn. The second kappa shape index (κ2) is 13.0. The summed E-state index contributed by atoms with van der Waals surface area (Å²) in [5.74, 6) is 0. The second-order valence-electron chi connectivity index (χ2n) is 11.9. The van der Waals surface area contributed by atoms with E-state index >= 15 is 0 Å². The van der Waals surface area contributed by atoms with Gasteiger partial charge in [0.25, 0.3) is 0 Å². The van der Waals surface area contributed by atoms with Gasteiger partial charge in [0.1, 0.15) is 0 Å². The maximum atomic E-state index is 5.56. The SMILES string of the molecule is C1=CC2=NC1=CC1=NC(=C(c3ccccc3)C3=NC(=CC4=NC(=C2)C=C4)C=C3c2ccccc2)C(c2ccccc2)=C1c1ccccc1.[Zn]. The first-order chi connectivity index (χ1) is 23.8. The fourth-order valence-electron chi connectivity index (χ4n) is 6.63. The Bertz CT molecular complexity index is 2380. The zero-order chi connectivity index (χ0) is 31.9. The molecule has 226 valence electrons. The number of benzene rings is 4. The Balaban J connectivity index is 0.00000348. The molecule has 0 aliphatic carbocycles. The Morgan fingerprint density at radius 3 is 1.39 bits per heavy atom. The first-order valence-electron chi connectivity index (χ1n) is 16.1. The minimum Gasteiger partial charge on any atom is -0.249 e. The van der Waals surface area contributed by atoms with Crippen molar-refractivity contribution in [3.05, 3.63) is 215 Å². The summed E-state index contributed by atoms with van der Waals surface area (Å²) in [5, 5.41) is 0. The van der Waals surface area contributed by atoms with Gasteiger partial charge in [-0.1, -0.05) is 121 Å². The third kappa shape index (κ3) is 5.79. The van der Waals surface area contributed by atoms with E-state index in [1.807, 2.05) is 36.4 Å². The summed E-state index contributed by atoms with van der Waals surface area (Å²) in [5.41, 5.74) is 15.3. The Kier molecular flexibility index (Phi) is 8.05. The van der Waals surface area contributed by atoms with Crippen molar-refractivity contribution in [2.24, 2.45) is 20.0 Å². The zero-order valence-corrected chi connectivity index (χ0v) is 29.6. The van der Waals surface area contributed by atoms with Gasteiger partial charge in [-0.3, -0.25) is 0 Å². The summed E-state index contributed by atoms with van der Waals surface area (Å²) in [6.45, 7) is 0. The monoisotopic (exact) mass is 676 g/mol. The number of hydrogen-bond donors (Lipinski definition) is 0. The van der Waals surface area contributed by atoms with E-state index in [0.717, 1.165) is 90.2 Å². The van der Waals surface area contributed by atoms with Crippen molar-refractivity contribution in [1.82, 2.24) is 0 Å². The molecule has 5 aliphatic rings. The molecule has 0 N–H and O–H groups in total. The van der Waals surface area contributed by atoms with E-state index in [9.17, 15) is 0 Å². The third-order valence-electron chi connectivity index (χ3n) is 8.75. The van der Waals surface area contributed by atoms with E-state index in [4.69, 9.17) is 20.0 Å². The fraction of sp³-hybridized carbons (Fsp3) is 0. The van der Waals surface area contributed by atoms with Crippen LogP contribution in [0.5, 0.6) is 0 Å². The average Bonchev–Trinajstić information content (AvgIpc) is 3.94. The molecule has 4 aromatic rings. The molecule has 0 saturated carbocycles. The van der Waals surface area contributed by atoms with E-state index in [0.29, 0.717) is 0 Å². The smallest absolute Gasteiger partial charge is 0.0822 e. The number of aliphatic imine (C=N–C) groups is 4. The summed E-state index contributed by atoms with van der Waals surface area (Å²) in [6.07, 6.45) is 16.5. The first-order valence-corrected chi connectivity index (χ1v) is 16.1. The zero-order valence-electron chi connectivity index (χ0n) is 26.7. The van der Waals surface area contributed by atoms with Crippen molar-refractivity contribution >= 4 is 45.1 Å². The Morgan fingerprint density at radius 1 is 0.347 bits per heavy atom. The maximum absolute atomic E-state index is 5.56. The molecule has 0 radical (unpaired) electrons. The van der Waals surface area contributed by atoms with E-state index in [1.54, 1.807) is 0 Å². The van der Waals surface area contributed by atoms with Crippen LogP contribution in [-0.4, -0.2) is 22.8 Å². The van der Waals surface area contributed by atoms with Crippen LogP contribution in [0.25, 0.3) is 22.3 Å². The van der Waals surface area contributed by atoms with Gasteiger partial charge < -0.3 is 0 Å². The van der Waals surface area contributed by atoms with Gasteiger partial charge in [-0.05, 0) is 70.9 Å². The minimum absolute atomic E-state index is 0. The van der Waals surface area contributed by atoms with Crippen LogP contribution >= 0.6 is 0 Å². The molecule has 4 aromatic carbocycles. The van der Waals surface area contributed by atoms with Crippen LogP contribution in [0.4, 0.5) is 0 Å². The van der Waals surface area contributed by atoms with Crippen LogP contribution in [0.2, 0.25) is 0 Å². The summed E-state index contributed by atoms with van der Waals surface area (Å²) >= 11 is 0. The molecular weight excluding hydrogens is 650 g/mol. The molecule has 4 nitrogen and oxygen atoms in total. The molecule has 8 bridgehead atoms. The average molecular weight is 678 g/mol. The quantitative estimate of drug-likeness (QED) is 0.193. The van der Waals surface area contributed by atoms with E-state index in [-0.39, 0.29) is 19.5 Å². The Labute approximate surface area is 298 Å². The molecule has 5 heteroatoms. The Hall–Kier alpha value is -5.90. The van der Waals surface area contributed by atoms with Gasteiger partial charge in [0.05, 0.1) is 45.6 Å². The topological polar surface area (TPSA) is 49.4 Å². The molecule has 0 unspecified atom stereocenters. The summed E-state index contributed by atoms with van der Waals surface area (Å²) < 4.78 is 0. The van der Waals surface area contributed by atoms with Crippen molar-refractivity contribution in [3.8, 4) is 0 Å². The molecule has 0 aromatic heterocycles. The van der Waals surface area contributed by atoms with Gasteiger partial charge in [-0.2, -0.15) is 0 Å². The van der Waals surface area contributed by atoms with Gasteiger partial charge in [-0.25, -0.2) is 20.0 Å². The fourth-order valence-corrected chi connectivity index (χ4v) is 6.63. The summed E-state index contributed by atoms with van der Waals surface area (Å²) in [4.78, 5) is 20.8. The van der Waals surface area contributed by atoms with Gasteiger partial charge in [0, 0.05) is 41.8 Å². The summed E-state index contributed by atoms with van der Waals surface area (Å²) in [7, 11) is 0. The van der Waals surface area contributed by atoms with Crippen LogP contribution in [0.15, 0.2) is 213 Å². The van der Waals surface area contributed by atoms with Crippen LogP contribution in [-0.2, 0) is 19.5 Å². The van der Waals surface area contributed by atoms with E-state index in [1.165, 1.54) is 0 Å². The second-order valence-corrected chi connectivity index (χ2v) is 11.9. The maximum Gasteiger partial charge on any atom is 0.0822 e. The normalized spacial score (nSPS) is 17.5. The van der Waals surface area contributed by atoms with Crippen LogP contribution in [0.3, 0.4) is 0 Å². The number of hydrogen-bond acceptors (Lipinski definition) is 4. The van der Waals surface area contributed by atoms with Crippen LogP contribution in [0, 0.1) is 0 Å². The van der Waals surface area contributed by atoms with E-state index < -0.39 is 0 Å². The van der Waals surface area contributed by atoms with Crippen molar-refractivity contribution in [3.63, 3.8) is 0 Å². The Morgan fingerprint density at radius 2 is 0.816 bits per heavy atom. The third-order valence-corrected chi connectivity index (χ3v) is 8.75. The van der Waals surface area contributed by atoms with Gasteiger partial charge >= 0.3 is 0 Å². The van der Waals surface area contributed by atoms with Crippen LogP contribution in [0.1, 0.15) is 22.3 Å². The summed E-state index contributed by atoms with van der Waals surface area (Å²) in [6, 6.07) is 42.1. The predicted octanol–water partition coefficient (Wildman–Crippen LogP) is 9.69. The standard InChI is InChI=1S/C44H28N4.Zn/c1-5-13-29(14-6-1)38-27-37-26-35-22-21-33(45-35)25-34-23-24-36(46-34)28-39-40(30-15-7-2-8-16-30)41(31-17-9-3-10-18-31)44(48-39)42(43(38)47-37)32-19-11-4-12-20-32;/h1-28H;. The molecule has 49 heavy (non-hydrogen) atoms. The largest absolute Gasteiger partial charge is 0.249 e. The molecule has 0 atom stereocenters. The van der Waals surface area contributed by atoms with E-state index in [2.05, 4.69) is 133 Å². The number of rotatable bonds is 4. The van der Waals surface area contributed by atoms with Crippen molar-refractivity contribution in [2.75, 3.05) is 0 Å². The molecule has 0 spiro atoms. The minimum atomic E-state index is 0. The predicted molar refractivity (Wildman–Crippen MR) is 200 cm³/mol. The number of fused-ring (bicyclic) bond motifs is 4. The van der Waals surface area contributed by atoms with Crippen molar-refractivity contribution < 1.29 is 19.5 Å². The molecule has 0 amide bonds. The van der Waals surface area contributed by atoms with Crippen molar-refractivity contribution in [2.45, 2.75) is 0 Å². The molecule has 0 saturated heterocycles. The van der Waals surface area contributed by atoms with Crippen LogP contribution < -0.4 is 0 Å².